The van der Waals surface area contributed by atoms with Crippen molar-refractivity contribution < 1.29 is 28.5 Å². The summed E-state index contributed by atoms with van der Waals surface area (Å²) in [5, 5.41) is 10.5. The van der Waals surface area contributed by atoms with E-state index < -0.39 is 12.2 Å². The first-order chi connectivity index (χ1) is 18.4. The van der Waals surface area contributed by atoms with Gasteiger partial charge in [0, 0.05) is 11.3 Å². The molecule has 0 bridgehead atoms. The van der Waals surface area contributed by atoms with Crippen LogP contribution in [0.4, 0.5) is 10.5 Å². The molecule has 10 heteroatoms. The molecule has 192 valence electrons. The molecule has 1 aliphatic heterocycles. The lowest BCUT2D eigenvalue weighted by Gasteiger charge is -2.30. The molecular weight excluding hydrogens is 488 g/mol. The van der Waals surface area contributed by atoms with Crippen LogP contribution in [0.25, 0.3) is 33.3 Å². The van der Waals surface area contributed by atoms with Crippen LogP contribution in [-0.2, 0) is 0 Å². The molecule has 0 unspecified atom stereocenters. The van der Waals surface area contributed by atoms with Crippen molar-refractivity contribution in [2.45, 2.75) is 20.0 Å². The maximum Gasteiger partial charge on any atom is 0.411 e. The van der Waals surface area contributed by atoms with Crippen LogP contribution in [0.1, 0.15) is 11.3 Å². The predicted octanol–water partition coefficient (Wildman–Crippen LogP) is 5.39. The number of anilines is 1. The summed E-state index contributed by atoms with van der Waals surface area (Å²) in [6, 6.07) is 12.9. The van der Waals surface area contributed by atoms with Gasteiger partial charge in [0.2, 0.25) is 5.88 Å². The van der Waals surface area contributed by atoms with Crippen molar-refractivity contribution in [2.24, 2.45) is 0 Å². The van der Waals surface area contributed by atoms with Gasteiger partial charge in [0.1, 0.15) is 18.0 Å². The number of nitrogens with zero attached hydrogens (tertiary/aromatic N) is 4. The molecule has 0 saturated heterocycles. The summed E-state index contributed by atoms with van der Waals surface area (Å²) in [5.74, 6) is 2.13. The number of ether oxygens (including phenoxy) is 3. The molecule has 0 saturated carbocycles. The molecule has 4 heterocycles. The van der Waals surface area contributed by atoms with Gasteiger partial charge in [-0.1, -0.05) is 0 Å². The number of fused-ring (bicyclic) bond motifs is 4. The Balaban J connectivity index is 1.31. The number of methoxy groups -OCH3 is 1. The van der Waals surface area contributed by atoms with Gasteiger partial charge in [-0.05, 0) is 61.9 Å². The van der Waals surface area contributed by atoms with Gasteiger partial charge in [-0.25, -0.2) is 14.8 Å². The number of benzene rings is 2. The van der Waals surface area contributed by atoms with Crippen LogP contribution < -0.4 is 19.1 Å². The minimum absolute atomic E-state index is 0.0889. The standard InChI is InChI=1S/C28H24N4O6/c1-15-8-19(26-21(9-15)31-25(35-3)12-30-26)24-10-20-22(38-24)6-7-23-27(20)36-14-18(37-23)13-32(28(33)34)17-5-4-16(2)29-11-17/h4-12,18H,13-14H2,1-3H3,(H,33,34)/t18-/m1/s1. The topological polar surface area (TPSA) is 120 Å². The van der Waals surface area contributed by atoms with E-state index in [0.29, 0.717) is 45.4 Å². The van der Waals surface area contributed by atoms with Crippen molar-refractivity contribution in [3.63, 3.8) is 0 Å². The van der Waals surface area contributed by atoms with E-state index in [1.165, 1.54) is 11.1 Å². The molecule has 1 atom stereocenters. The quantitative estimate of drug-likeness (QED) is 0.330. The van der Waals surface area contributed by atoms with E-state index >= 15 is 0 Å². The zero-order valence-corrected chi connectivity index (χ0v) is 21.0. The lowest BCUT2D eigenvalue weighted by atomic mass is 10.1. The zero-order chi connectivity index (χ0) is 26.4. The highest BCUT2D eigenvalue weighted by atomic mass is 16.6. The summed E-state index contributed by atoms with van der Waals surface area (Å²) >= 11 is 0. The fraction of sp³-hybridized carbons (Fsp3) is 0.214. The summed E-state index contributed by atoms with van der Waals surface area (Å²) < 4.78 is 23.7. The smallest absolute Gasteiger partial charge is 0.411 e. The summed E-state index contributed by atoms with van der Waals surface area (Å²) in [4.78, 5) is 26.4. The molecule has 2 aromatic carbocycles. The average molecular weight is 513 g/mol. The number of rotatable bonds is 5. The van der Waals surface area contributed by atoms with Crippen molar-refractivity contribution in [1.29, 1.82) is 0 Å². The number of carboxylic acid groups (broad SMARTS) is 1. The summed E-state index contributed by atoms with van der Waals surface area (Å²) in [5.41, 5.74) is 5.12. The van der Waals surface area contributed by atoms with Gasteiger partial charge < -0.3 is 23.7 Å². The third-order valence-corrected chi connectivity index (χ3v) is 6.39. The molecule has 0 fully saturated rings. The van der Waals surface area contributed by atoms with Crippen molar-refractivity contribution in [3.05, 3.63) is 66.1 Å². The number of furan rings is 1. The van der Waals surface area contributed by atoms with Crippen LogP contribution in [0.15, 0.2) is 59.3 Å². The first-order valence-corrected chi connectivity index (χ1v) is 12.0. The molecule has 1 aliphatic rings. The highest BCUT2D eigenvalue weighted by Crippen LogP contribution is 2.43. The van der Waals surface area contributed by atoms with Crippen LogP contribution in [0.5, 0.6) is 17.4 Å². The third kappa shape index (κ3) is 4.19. The van der Waals surface area contributed by atoms with Crippen molar-refractivity contribution >= 4 is 33.8 Å². The Hall–Kier alpha value is -4.86. The fourth-order valence-corrected chi connectivity index (χ4v) is 4.57. The highest BCUT2D eigenvalue weighted by Gasteiger charge is 2.29. The number of hydrogen-bond donors (Lipinski definition) is 1. The van der Waals surface area contributed by atoms with E-state index in [2.05, 4.69) is 15.0 Å². The molecule has 0 spiro atoms. The van der Waals surface area contributed by atoms with Crippen molar-refractivity contribution in [3.8, 4) is 28.7 Å². The van der Waals surface area contributed by atoms with E-state index in [0.717, 1.165) is 22.2 Å². The minimum atomic E-state index is -1.09. The van der Waals surface area contributed by atoms with Crippen molar-refractivity contribution in [1.82, 2.24) is 15.0 Å². The summed E-state index contributed by atoms with van der Waals surface area (Å²) in [7, 11) is 1.56. The lowest BCUT2D eigenvalue weighted by molar-refractivity contribution is 0.0960. The van der Waals surface area contributed by atoms with Crippen LogP contribution in [-0.4, -0.2) is 52.5 Å². The summed E-state index contributed by atoms with van der Waals surface area (Å²) in [6.45, 7) is 4.09. The van der Waals surface area contributed by atoms with Gasteiger partial charge in [0.15, 0.2) is 17.6 Å². The normalized spacial score (nSPS) is 14.6. The Morgan fingerprint density at radius 2 is 2.00 bits per heavy atom. The van der Waals surface area contributed by atoms with Gasteiger partial charge in [-0.2, -0.15) is 0 Å². The van der Waals surface area contributed by atoms with Crippen LogP contribution >= 0.6 is 0 Å². The number of hydrogen-bond acceptors (Lipinski definition) is 8. The predicted molar refractivity (Wildman–Crippen MR) is 140 cm³/mol. The Kier molecular flexibility index (Phi) is 5.71. The molecule has 10 nitrogen and oxygen atoms in total. The van der Waals surface area contributed by atoms with Gasteiger partial charge in [-0.3, -0.25) is 9.88 Å². The second-order valence-electron chi connectivity index (χ2n) is 9.11. The highest BCUT2D eigenvalue weighted by molar-refractivity contribution is 5.96. The average Bonchev–Trinajstić information content (AvgIpc) is 3.36. The SMILES string of the molecule is COc1cnc2c(-c3cc4c5c(ccc4o3)O[C@H](CN(C(=O)O)c3ccc(C)nc3)CO5)cc(C)cc2n1. The second-order valence-corrected chi connectivity index (χ2v) is 9.11. The monoisotopic (exact) mass is 512 g/mol. The number of aromatic nitrogens is 3. The molecular formula is C28H24N4O6. The van der Waals surface area contributed by atoms with E-state index in [1.807, 2.05) is 38.1 Å². The molecule has 5 aromatic rings. The fourth-order valence-electron chi connectivity index (χ4n) is 4.57. The van der Waals surface area contributed by atoms with Crippen LogP contribution in [0, 0.1) is 13.8 Å². The molecule has 3 aromatic heterocycles. The molecule has 0 radical (unpaired) electrons. The van der Waals surface area contributed by atoms with E-state index in [9.17, 15) is 9.90 Å². The van der Waals surface area contributed by atoms with Gasteiger partial charge in [-0.15, -0.1) is 0 Å². The van der Waals surface area contributed by atoms with Gasteiger partial charge in [0.05, 0.1) is 48.2 Å². The maximum atomic E-state index is 11.9. The first kappa shape index (κ1) is 23.5. The lowest BCUT2D eigenvalue weighted by Crippen LogP contribution is -2.43. The number of aryl methyl sites for hydroxylation is 2. The van der Waals surface area contributed by atoms with Gasteiger partial charge >= 0.3 is 6.09 Å². The van der Waals surface area contributed by atoms with E-state index in [1.54, 1.807) is 31.5 Å². The Bertz CT molecular complexity index is 1680. The van der Waals surface area contributed by atoms with Gasteiger partial charge in [0.25, 0.3) is 0 Å². The van der Waals surface area contributed by atoms with E-state index in [4.69, 9.17) is 18.6 Å². The molecule has 1 amide bonds. The zero-order valence-electron chi connectivity index (χ0n) is 21.0. The largest absolute Gasteiger partial charge is 0.485 e. The second kappa shape index (κ2) is 9.22. The Labute approximate surface area is 217 Å². The minimum Gasteiger partial charge on any atom is -0.485 e. The first-order valence-electron chi connectivity index (χ1n) is 12.0. The maximum absolute atomic E-state index is 11.9. The van der Waals surface area contributed by atoms with E-state index in [-0.39, 0.29) is 13.2 Å². The van der Waals surface area contributed by atoms with Crippen molar-refractivity contribution in [2.75, 3.05) is 25.2 Å². The number of pyridine rings is 1. The molecule has 6 rings (SSSR count). The Morgan fingerprint density at radius 3 is 2.76 bits per heavy atom. The molecule has 38 heavy (non-hydrogen) atoms. The number of amides is 1. The number of carbonyl (C=O) groups is 1. The summed E-state index contributed by atoms with van der Waals surface area (Å²) in [6.07, 6.45) is 1.52. The molecule has 1 N–H and O–H groups in total. The van der Waals surface area contributed by atoms with Crippen LogP contribution in [0.2, 0.25) is 0 Å². The van der Waals surface area contributed by atoms with Crippen LogP contribution in [0.3, 0.4) is 0 Å². The Morgan fingerprint density at radius 1 is 1.13 bits per heavy atom. The molecule has 0 aliphatic carbocycles. The third-order valence-electron chi connectivity index (χ3n) is 6.39.